The van der Waals surface area contributed by atoms with Crippen molar-refractivity contribution in [1.82, 2.24) is 0 Å². The first-order valence-electron chi connectivity index (χ1n) is 5.14. The first-order valence-corrected chi connectivity index (χ1v) is 5.52. The molecule has 4 nitrogen and oxygen atoms in total. The Bertz CT molecular complexity index is 404. The monoisotopic (exact) mass is 257 g/mol. The average molecular weight is 258 g/mol. The van der Waals surface area contributed by atoms with E-state index in [2.05, 4.69) is 0 Å². The Morgan fingerprint density at radius 2 is 1.88 bits per heavy atom. The van der Waals surface area contributed by atoms with Crippen molar-refractivity contribution in [3.8, 4) is 0 Å². The summed E-state index contributed by atoms with van der Waals surface area (Å²) in [6.07, 6.45) is 0. The zero-order valence-corrected chi connectivity index (χ0v) is 10.8. The minimum Gasteiger partial charge on any atom is -0.365 e. The number of rotatable bonds is 5. The van der Waals surface area contributed by atoms with Crippen LogP contribution in [-0.2, 0) is 14.3 Å². The Balaban J connectivity index is 3.22. The van der Waals surface area contributed by atoms with Crippen molar-refractivity contribution in [3.05, 3.63) is 34.9 Å². The molecule has 0 aliphatic heterocycles. The van der Waals surface area contributed by atoms with E-state index in [4.69, 9.17) is 26.8 Å². The Kier molecular flexibility index (Phi) is 4.51. The number of methoxy groups -OCH3 is 2. The lowest BCUT2D eigenvalue weighted by atomic mass is 9.91. The molecule has 0 bridgehead atoms. The minimum absolute atomic E-state index is 0.413. The second kappa shape index (κ2) is 5.49. The highest BCUT2D eigenvalue weighted by Gasteiger charge is 2.44. The van der Waals surface area contributed by atoms with Crippen molar-refractivity contribution in [2.45, 2.75) is 18.6 Å². The van der Waals surface area contributed by atoms with Crippen LogP contribution in [0.4, 0.5) is 0 Å². The van der Waals surface area contributed by atoms with Gasteiger partial charge >= 0.3 is 0 Å². The smallest absolute Gasteiger partial charge is 0.278 e. The molecule has 0 saturated heterocycles. The number of hydrogen-bond acceptors (Lipinski definition) is 3. The minimum atomic E-state index is -1.51. The molecule has 0 spiro atoms. The lowest BCUT2D eigenvalue weighted by molar-refractivity contribution is -0.215. The lowest BCUT2D eigenvalue weighted by Gasteiger charge is -2.33. The van der Waals surface area contributed by atoms with Crippen molar-refractivity contribution in [1.29, 1.82) is 0 Å². The third-order valence-electron chi connectivity index (χ3n) is 2.89. The Morgan fingerprint density at radius 1 is 1.35 bits per heavy atom. The average Bonchev–Trinajstić information content (AvgIpc) is 2.31. The first-order chi connectivity index (χ1) is 7.99. The molecule has 0 aromatic heterocycles. The summed E-state index contributed by atoms with van der Waals surface area (Å²) >= 11 is 6.08. The van der Waals surface area contributed by atoms with Gasteiger partial charge < -0.3 is 15.2 Å². The van der Waals surface area contributed by atoms with E-state index in [0.717, 1.165) is 5.56 Å². The van der Waals surface area contributed by atoms with Gasteiger partial charge in [-0.05, 0) is 11.6 Å². The van der Waals surface area contributed by atoms with Crippen LogP contribution in [0, 0.1) is 0 Å². The van der Waals surface area contributed by atoms with Crippen LogP contribution in [0.3, 0.4) is 0 Å². The maximum Gasteiger partial charge on any atom is 0.278 e. The molecule has 0 aliphatic carbocycles. The van der Waals surface area contributed by atoms with Gasteiger partial charge in [0.25, 0.3) is 11.7 Å². The molecular weight excluding hydrogens is 242 g/mol. The molecule has 1 aromatic rings. The second-order valence-electron chi connectivity index (χ2n) is 3.68. The largest absolute Gasteiger partial charge is 0.365 e. The van der Waals surface area contributed by atoms with Gasteiger partial charge in [0.15, 0.2) is 0 Å². The van der Waals surface area contributed by atoms with E-state index in [9.17, 15) is 4.79 Å². The molecule has 1 amide bonds. The molecule has 0 heterocycles. The molecule has 0 aliphatic rings. The van der Waals surface area contributed by atoms with E-state index in [1.807, 2.05) is 18.2 Å². The van der Waals surface area contributed by atoms with E-state index < -0.39 is 17.6 Å². The molecule has 94 valence electrons. The Hall–Kier alpha value is -1.10. The highest BCUT2D eigenvalue weighted by molar-refractivity contribution is 6.31. The normalized spacial score (nSPS) is 13.4. The summed E-state index contributed by atoms with van der Waals surface area (Å²) in [7, 11) is 2.75. The van der Waals surface area contributed by atoms with E-state index in [1.165, 1.54) is 14.2 Å². The summed E-state index contributed by atoms with van der Waals surface area (Å²) in [6, 6.07) is 7.19. The molecule has 0 radical (unpaired) electrons. The number of amides is 1. The quantitative estimate of drug-likeness (QED) is 0.820. The summed E-state index contributed by atoms with van der Waals surface area (Å²) in [5.74, 6) is -2.61. The summed E-state index contributed by atoms with van der Waals surface area (Å²) in [5.41, 5.74) is 6.10. The summed E-state index contributed by atoms with van der Waals surface area (Å²) in [5, 5.41) is 0.541. The predicted octanol–water partition coefficient (Wildman–Crippen LogP) is 1.92. The van der Waals surface area contributed by atoms with Gasteiger partial charge in [-0.3, -0.25) is 4.79 Å². The molecule has 0 saturated carbocycles. The van der Waals surface area contributed by atoms with Gasteiger partial charge in [0, 0.05) is 25.2 Å². The summed E-state index contributed by atoms with van der Waals surface area (Å²) < 4.78 is 10.3. The van der Waals surface area contributed by atoms with Crippen LogP contribution >= 0.6 is 11.6 Å². The molecule has 1 unspecified atom stereocenters. The number of primary amides is 1. The first kappa shape index (κ1) is 14.0. The number of nitrogens with two attached hydrogens (primary N) is 1. The fraction of sp³-hybridized carbons (Fsp3) is 0.417. The maximum atomic E-state index is 11.5. The van der Waals surface area contributed by atoms with Crippen molar-refractivity contribution in [3.63, 3.8) is 0 Å². The van der Waals surface area contributed by atoms with E-state index >= 15 is 0 Å². The van der Waals surface area contributed by atoms with Crippen molar-refractivity contribution in [2.24, 2.45) is 5.73 Å². The summed E-state index contributed by atoms with van der Waals surface area (Å²) in [6.45, 7) is 1.78. The number of ether oxygens (including phenoxy) is 2. The molecule has 17 heavy (non-hydrogen) atoms. The highest BCUT2D eigenvalue weighted by Crippen LogP contribution is 2.35. The molecule has 1 rings (SSSR count). The molecule has 5 heteroatoms. The van der Waals surface area contributed by atoms with Crippen molar-refractivity contribution >= 4 is 17.5 Å². The highest BCUT2D eigenvalue weighted by atomic mass is 35.5. The second-order valence-corrected chi connectivity index (χ2v) is 4.09. The van der Waals surface area contributed by atoms with E-state index in [0.29, 0.717) is 5.02 Å². The van der Waals surface area contributed by atoms with Crippen LogP contribution in [0.5, 0.6) is 0 Å². The van der Waals surface area contributed by atoms with Crippen LogP contribution in [0.15, 0.2) is 24.3 Å². The zero-order valence-electron chi connectivity index (χ0n) is 10.1. The Morgan fingerprint density at radius 3 is 2.29 bits per heavy atom. The van der Waals surface area contributed by atoms with Crippen LogP contribution in [-0.4, -0.2) is 25.9 Å². The molecule has 1 atom stereocenters. The number of benzene rings is 1. The number of hydrogen-bond donors (Lipinski definition) is 1. The van der Waals surface area contributed by atoms with Gasteiger partial charge in [-0.15, -0.1) is 0 Å². The third kappa shape index (κ3) is 2.44. The molecule has 0 fully saturated rings. The SMILES string of the molecule is COC(OC)(C(N)=O)C(C)c1ccccc1Cl. The fourth-order valence-corrected chi connectivity index (χ4v) is 2.18. The van der Waals surface area contributed by atoms with Gasteiger partial charge in [-0.2, -0.15) is 0 Å². The van der Waals surface area contributed by atoms with Gasteiger partial charge in [0.05, 0.1) is 0 Å². The number of halogens is 1. The molecule has 2 N–H and O–H groups in total. The number of carbonyl (C=O) groups is 1. The van der Waals surface area contributed by atoms with Gasteiger partial charge in [0.1, 0.15) is 0 Å². The third-order valence-corrected chi connectivity index (χ3v) is 3.24. The van der Waals surface area contributed by atoms with Gasteiger partial charge in [-0.1, -0.05) is 36.7 Å². The molecule has 1 aromatic carbocycles. The topological polar surface area (TPSA) is 61.6 Å². The lowest BCUT2D eigenvalue weighted by Crippen LogP contribution is -2.51. The van der Waals surface area contributed by atoms with E-state index in [-0.39, 0.29) is 0 Å². The standard InChI is InChI=1S/C12H16ClNO3/c1-8(9-6-4-5-7-10(9)13)12(16-2,17-3)11(14)15/h4-8H,1-3H3,(H2,14,15). The maximum absolute atomic E-state index is 11.5. The van der Waals surface area contributed by atoms with Crippen LogP contribution in [0.1, 0.15) is 18.4 Å². The molecular formula is C12H16ClNO3. The fourth-order valence-electron chi connectivity index (χ4n) is 1.88. The Labute approximate surface area is 106 Å². The number of carbonyl (C=O) groups excluding carboxylic acids is 1. The van der Waals surface area contributed by atoms with Gasteiger partial charge in [0.2, 0.25) is 0 Å². The van der Waals surface area contributed by atoms with Crippen LogP contribution in [0.2, 0.25) is 5.02 Å². The van der Waals surface area contributed by atoms with E-state index in [1.54, 1.807) is 13.0 Å². The van der Waals surface area contributed by atoms with Crippen molar-refractivity contribution < 1.29 is 14.3 Å². The van der Waals surface area contributed by atoms with Crippen molar-refractivity contribution in [2.75, 3.05) is 14.2 Å². The predicted molar refractivity (Wildman–Crippen MR) is 65.8 cm³/mol. The van der Waals surface area contributed by atoms with Gasteiger partial charge in [-0.25, -0.2) is 0 Å². The zero-order chi connectivity index (χ0) is 13.1. The van der Waals surface area contributed by atoms with Crippen LogP contribution < -0.4 is 5.73 Å². The summed E-state index contributed by atoms with van der Waals surface area (Å²) in [4.78, 5) is 11.5. The van der Waals surface area contributed by atoms with Crippen LogP contribution in [0.25, 0.3) is 0 Å².